The Balaban J connectivity index is 1.96. The third kappa shape index (κ3) is 5.37. The van der Waals surface area contributed by atoms with Gasteiger partial charge in [-0.1, -0.05) is 58.9 Å². The summed E-state index contributed by atoms with van der Waals surface area (Å²) in [5.74, 6) is 1.90. The van der Waals surface area contributed by atoms with Gasteiger partial charge in [-0.3, -0.25) is 9.69 Å². The minimum absolute atomic E-state index is 0.118. The van der Waals surface area contributed by atoms with Crippen LogP contribution in [-0.2, 0) is 13.0 Å². The zero-order chi connectivity index (χ0) is 22.7. The Labute approximate surface area is 186 Å². The normalized spacial score (nSPS) is 14.7. The van der Waals surface area contributed by atoms with E-state index in [4.69, 9.17) is 4.74 Å². The topological polar surface area (TPSA) is 49.8 Å². The molecule has 31 heavy (non-hydrogen) atoms. The van der Waals surface area contributed by atoms with E-state index in [1.165, 1.54) is 5.56 Å². The van der Waals surface area contributed by atoms with Gasteiger partial charge in [0.1, 0.15) is 11.5 Å². The average molecular weight is 422 g/mol. The number of phenolic OH excluding ortho intramolecular Hbond substituents is 1. The Kier molecular flexibility index (Phi) is 7.22. The minimum atomic E-state index is -0.118. The highest BCUT2D eigenvalue weighted by Crippen LogP contribution is 2.42. The molecule has 3 rings (SSSR count). The lowest BCUT2D eigenvalue weighted by Gasteiger charge is -2.27. The third-order valence-electron chi connectivity index (χ3n) is 5.53. The molecule has 0 bridgehead atoms. The summed E-state index contributed by atoms with van der Waals surface area (Å²) >= 11 is 0. The molecule has 4 heteroatoms. The van der Waals surface area contributed by atoms with Gasteiger partial charge in [-0.2, -0.15) is 0 Å². The molecule has 0 saturated carbocycles. The van der Waals surface area contributed by atoms with Gasteiger partial charge in [-0.05, 0) is 54.0 Å². The first-order valence-corrected chi connectivity index (χ1v) is 11.3. The van der Waals surface area contributed by atoms with Crippen molar-refractivity contribution in [2.75, 3.05) is 13.1 Å². The summed E-state index contributed by atoms with van der Waals surface area (Å²) in [5.41, 5.74) is 4.18. The zero-order valence-corrected chi connectivity index (χ0v) is 19.7. The number of allylic oxidation sites excluding steroid dienone is 1. The van der Waals surface area contributed by atoms with Gasteiger partial charge in [-0.15, -0.1) is 0 Å². The van der Waals surface area contributed by atoms with Gasteiger partial charge in [0.2, 0.25) is 5.78 Å². The lowest BCUT2D eigenvalue weighted by Crippen LogP contribution is -2.31. The summed E-state index contributed by atoms with van der Waals surface area (Å²) in [6, 6.07) is 9.83. The van der Waals surface area contributed by atoms with Crippen LogP contribution in [-0.4, -0.2) is 28.9 Å². The maximum Gasteiger partial charge on any atom is 0.232 e. The van der Waals surface area contributed by atoms with Crippen molar-refractivity contribution in [2.24, 2.45) is 11.8 Å². The monoisotopic (exact) mass is 421 g/mol. The first kappa shape index (κ1) is 23.1. The number of nitrogens with zero attached hydrogens (tertiary/aromatic N) is 1. The number of carbonyl (C=O) groups excluding carboxylic acids is 1. The average Bonchev–Trinajstić information content (AvgIpc) is 3.01. The fourth-order valence-electron chi connectivity index (χ4n) is 4.19. The SMILES string of the molecule is CCc1ccc(/C=C2/Oc3c(CN(CC(C)C)CC(C)C)c(O)cc(C)c3C2=O)cc1. The summed E-state index contributed by atoms with van der Waals surface area (Å²) in [4.78, 5) is 15.5. The van der Waals surface area contributed by atoms with E-state index in [-0.39, 0.29) is 11.5 Å². The van der Waals surface area contributed by atoms with Crippen molar-refractivity contribution in [1.82, 2.24) is 4.90 Å². The van der Waals surface area contributed by atoms with E-state index in [0.717, 1.165) is 30.6 Å². The number of carbonyl (C=O) groups is 1. The smallest absolute Gasteiger partial charge is 0.232 e. The van der Waals surface area contributed by atoms with Crippen molar-refractivity contribution in [3.05, 3.63) is 63.9 Å². The maximum atomic E-state index is 13.2. The Morgan fingerprint density at radius 3 is 2.23 bits per heavy atom. The molecule has 0 fully saturated rings. The van der Waals surface area contributed by atoms with Gasteiger partial charge in [0.15, 0.2) is 5.76 Å². The zero-order valence-electron chi connectivity index (χ0n) is 19.7. The number of ketones is 1. The molecular formula is C27H35NO3. The molecule has 1 aliphatic heterocycles. The van der Waals surface area contributed by atoms with E-state index in [2.05, 4.69) is 51.7 Å². The molecule has 2 aromatic carbocycles. The molecule has 1 heterocycles. The van der Waals surface area contributed by atoms with Crippen LogP contribution in [0.3, 0.4) is 0 Å². The van der Waals surface area contributed by atoms with Crippen molar-refractivity contribution in [1.29, 1.82) is 0 Å². The van der Waals surface area contributed by atoms with E-state index in [1.807, 2.05) is 19.1 Å². The predicted octanol–water partition coefficient (Wildman–Crippen LogP) is 5.99. The number of aromatic hydroxyl groups is 1. The highest BCUT2D eigenvalue weighted by molar-refractivity contribution is 6.15. The van der Waals surface area contributed by atoms with Gasteiger partial charge in [0.25, 0.3) is 0 Å². The van der Waals surface area contributed by atoms with Crippen LogP contribution in [0.2, 0.25) is 0 Å². The third-order valence-corrected chi connectivity index (χ3v) is 5.53. The Hall–Kier alpha value is -2.59. The van der Waals surface area contributed by atoms with Gasteiger partial charge in [-0.25, -0.2) is 0 Å². The van der Waals surface area contributed by atoms with Gasteiger partial charge < -0.3 is 9.84 Å². The van der Waals surface area contributed by atoms with Crippen LogP contribution in [0.5, 0.6) is 11.5 Å². The molecule has 2 aromatic rings. The summed E-state index contributed by atoms with van der Waals surface area (Å²) in [7, 11) is 0. The standard InChI is InChI=1S/C27H35NO3/c1-7-20-8-10-21(11-9-20)13-24-26(30)25-19(6)12-23(29)22(27(25)31-24)16-28(14-17(2)3)15-18(4)5/h8-13,17-18,29H,7,14-16H2,1-6H3/b24-13+. The molecule has 0 atom stereocenters. The van der Waals surface area contributed by atoms with Crippen molar-refractivity contribution in [3.63, 3.8) is 0 Å². The number of rotatable bonds is 8. The van der Waals surface area contributed by atoms with E-state index < -0.39 is 0 Å². The number of hydrogen-bond acceptors (Lipinski definition) is 4. The van der Waals surface area contributed by atoms with Crippen LogP contribution in [0.4, 0.5) is 0 Å². The predicted molar refractivity (Wildman–Crippen MR) is 127 cm³/mol. The minimum Gasteiger partial charge on any atom is -0.507 e. The van der Waals surface area contributed by atoms with Crippen molar-refractivity contribution >= 4 is 11.9 Å². The summed E-state index contributed by atoms with van der Waals surface area (Å²) < 4.78 is 6.11. The second-order valence-corrected chi connectivity index (χ2v) is 9.41. The number of fused-ring (bicyclic) bond motifs is 1. The Bertz CT molecular complexity index is 961. The lowest BCUT2D eigenvalue weighted by atomic mass is 9.98. The van der Waals surface area contributed by atoms with E-state index in [0.29, 0.717) is 41.0 Å². The van der Waals surface area contributed by atoms with Crippen molar-refractivity contribution < 1.29 is 14.6 Å². The van der Waals surface area contributed by atoms with E-state index in [1.54, 1.807) is 12.1 Å². The number of phenols is 1. The quantitative estimate of drug-likeness (QED) is 0.532. The molecule has 0 aliphatic carbocycles. The lowest BCUT2D eigenvalue weighted by molar-refractivity contribution is 0.101. The van der Waals surface area contributed by atoms with Crippen LogP contribution < -0.4 is 4.74 Å². The molecule has 1 N–H and O–H groups in total. The second-order valence-electron chi connectivity index (χ2n) is 9.41. The number of Topliss-reactive ketones (excluding diaryl/α,β-unsaturated/α-hetero) is 1. The Morgan fingerprint density at radius 1 is 1.06 bits per heavy atom. The molecule has 166 valence electrons. The van der Waals surface area contributed by atoms with Crippen molar-refractivity contribution in [2.45, 2.75) is 54.5 Å². The van der Waals surface area contributed by atoms with Crippen LogP contribution in [0, 0.1) is 18.8 Å². The molecule has 0 aromatic heterocycles. The summed E-state index contributed by atoms with van der Waals surface area (Å²) in [6.45, 7) is 15.1. The maximum absolute atomic E-state index is 13.2. The molecule has 0 amide bonds. The number of hydrogen-bond donors (Lipinski definition) is 1. The largest absolute Gasteiger partial charge is 0.507 e. The number of ether oxygens (including phenoxy) is 1. The van der Waals surface area contributed by atoms with Gasteiger partial charge in [0, 0.05) is 19.6 Å². The molecule has 0 saturated heterocycles. The molecule has 0 radical (unpaired) electrons. The van der Waals surface area contributed by atoms with Crippen LogP contribution in [0.1, 0.15) is 67.2 Å². The summed E-state index contributed by atoms with van der Waals surface area (Å²) in [6.07, 6.45) is 2.77. The van der Waals surface area contributed by atoms with Crippen LogP contribution in [0.25, 0.3) is 6.08 Å². The first-order valence-electron chi connectivity index (χ1n) is 11.3. The molecule has 1 aliphatic rings. The van der Waals surface area contributed by atoms with Gasteiger partial charge in [0.05, 0.1) is 11.1 Å². The second kappa shape index (κ2) is 9.69. The molecule has 4 nitrogen and oxygen atoms in total. The number of benzene rings is 2. The first-order chi connectivity index (χ1) is 14.7. The van der Waals surface area contributed by atoms with Crippen molar-refractivity contribution in [3.8, 4) is 11.5 Å². The molecular weight excluding hydrogens is 386 g/mol. The molecule has 0 spiro atoms. The van der Waals surface area contributed by atoms with Crippen LogP contribution >= 0.6 is 0 Å². The van der Waals surface area contributed by atoms with Gasteiger partial charge >= 0.3 is 0 Å². The summed E-state index contributed by atoms with van der Waals surface area (Å²) in [5, 5.41) is 10.8. The highest BCUT2D eigenvalue weighted by Gasteiger charge is 2.33. The fourth-order valence-corrected chi connectivity index (χ4v) is 4.19. The van der Waals surface area contributed by atoms with E-state index >= 15 is 0 Å². The molecule has 0 unspecified atom stereocenters. The Morgan fingerprint density at radius 2 is 1.68 bits per heavy atom. The highest BCUT2D eigenvalue weighted by atomic mass is 16.5. The fraction of sp³-hybridized carbons (Fsp3) is 0.444. The number of aryl methyl sites for hydroxylation is 2. The van der Waals surface area contributed by atoms with Crippen LogP contribution in [0.15, 0.2) is 36.1 Å². The van der Waals surface area contributed by atoms with E-state index in [9.17, 15) is 9.90 Å².